The Morgan fingerprint density at radius 3 is 2.48 bits per heavy atom. The molecule has 31 heavy (non-hydrogen) atoms. The molecule has 0 saturated carbocycles. The summed E-state index contributed by atoms with van der Waals surface area (Å²) in [6.45, 7) is 5.93. The van der Waals surface area contributed by atoms with E-state index in [4.69, 9.17) is 0 Å². The molecule has 1 saturated heterocycles. The summed E-state index contributed by atoms with van der Waals surface area (Å²) >= 11 is 0. The predicted molar refractivity (Wildman–Crippen MR) is 125 cm³/mol. The van der Waals surface area contributed by atoms with Gasteiger partial charge in [0.15, 0.2) is 0 Å². The summed E-state index contributed by atoms with van der Waals surface area (Å²) in [6, 6.07) is 15.2. The third-order valence-electron chi connectivity index (χ3n) is 5.59. The van der Waals surface area contributed by atoms with Crippen LogP contribution in [0, 0.1) is 0 Å². The van der Waals surface area contributed by atoms with Gasteiger partial charge in [-0.2, -0.15) is 0 Å². The monoisotopic (exact) mass is 443 g/mol. The van der Waals surface area contributed by atoms with Crippen molar-refractivity contribution in [1.29, 1.82) is 0 Å². The molecule has 1 amide bonds. The molecule has 168 valence electrons. The fourth-order valence-corrected chi connectivity index (χ4v) is 5.19. The van der Waals surface area contributed by atoms with Crippen molar-refractivity contribution in [2.75, 3.05) is 24.5 Å². The highest BCUT2D eigenvalue weighted by molar-refractivity contribution is 7.89. The van der Waals surface area contributed by atoms with Crippen molar-refractivity contribution in [3.05, 3.63) is 59.7 Å². The first-order valence-corrected chi connectivity index (χ1v) is 12.6. The zero-order chi connectivity index (χ0) is 22.3. The van der Waals surface area contributed by atoms with Crippen molar-refractivity contribution in [3.8, 4) is 0 Å². The van der Waals surface area contributed by atoms with E-state index in [1.807, 2.05) is 32.0 Å². The molecule has 2 N–H and O–H groups in total. The van der Waals surface area contributed by atoms with Crippen molar-refractivity contribution >= 4 is 21.6 Å². The van der Waals surface area contributed by atoms with E-state index in [-0.39, 0.29) is 16.8 Å². The Kier molecular flexibility index (Phi) is 8.09. The van der Waals surface area contributed by atoms with Crippen molar-refractivity contribution in [2.24, 2.45) is 0 Å². The fraction of sp³-hybridized carbons (Fsp3) is 0.458. The molecule has 2 aromatic rings. The van der Waals surface area contributed by atoms with Gasteiger partial charge in [-0.1, -0.05) is 37.3 Å². The van der Waals surface area contributed by atoms with Crippen LogP contribution in [0.5, 0.6) is 0 Å². The van der Waals surface area contributed by atoms with E-state index in [0.29, 0.717) is 24.2 Å². The predicted octanol–water partition coefficient (Wildman–Crippen LogP) is 3.73. The van der Waals surface area contributed by atoms with Gasteiger partial charge in [-0.3, -0.25) is 4.79 Å². The molecule has 0 spiro atoms. The van der Waals surface area contributed by atoms with Crippen molar-refractivity contribution in [1.82, 2.24) is 10.0 Å². The van der Waals surface area contributed by atoms with Crippen LogP contribution in [0.1, 0.15) is 55.5 Å². The maximum absolute atomic E-state index is 13.0. The average molecular weight is 444 g/mol. The molecule has 1 fully saturated rings. The number of hydrogen-bond acceptors (Lipinski definition) is 4. The second kappa shape index (κ2) is 10.8. The van der Waals surface area contributed by atoms with Crippen molar-refractivity contribution < 1.29 is 13.2 Å². The molecule has 1 aliphatic rings. The minimum absolute atomic E-state index is 0.0239. The van der Waals surface area contributed by atoms with Gasteiger partial charge in [-0.05, 0) is 62.8 Å². The van der Waals surface area contributed by atoms with Gasteiger partial charge in [0, 0.05) is 31.2 Å². The molecule has 3 rings (SSSR count). The summed E-state index contributed by atoms with van der Waals surface area (Å²) in [5.74, 6) is -0.250. The van der Waals surface area contributed by atoms with Gasteiger partial charge in [0.25, 0.3) is 5.91 Å². The van der Waals surface area contributed by atoms with E-state index >= 15 is 0 Å². The molecule has 1 heterocycles. The Hall–Kier alpha value is -2.38. The van der Waals surface area contributed by atoms with Crippen LogP contribution < -0.4 is 14.9 Å². The quantitative estimate of drug-likeness (QED) is 0.587. The number of amides is 1. The smallest absolute Gasteiger partial charge is 0.251 e. The Bertz CT molecular complexity index is 971. The summed E-state index contributed by atoms with van der Waals surface area (Å²) in [7, 11) is -3.69. The van der Waals surface area contributed by atoms with Crippen LogP contribution in [-0.2, 0) is 16.4 Å². The fourth-order valence-electron chi connectivity index (χ4n) is 3.81. The van der Waals surface area contributed by atoms with E-state index in [1.54, 1.807) is 12.1 Å². The van der Waals surface area contributed by atoms with Crippen LogP contribution in [-0.4, -0.2) is 40.0 Å². The Labute approximate surface area is 186 Å². The van der Waals surface area contributed by atoms with E-state index < -0.39 is 10.0 Å². The Balaban J connectivity index is 1.75. The number of carbonyl (C=O) groups excluding carboxylic acids is 1. The lowest BCUT2D eigenvalue weighted by Crippen LogP contribution is -2.33. The van der Waals surface area contributed by atoms with Gasteiger partial charge >= 0.3 is 0 Å². The summed E-state index contributed by atoms with van der Waals surface area (Å²) < 4.78 is 28.6. The third kappa shape index (κ3) is 6.31. The van der Waals surface area contributed by atoms with Crippen LogP contribution in [0.15, 0.2) is 53.4 Å². The lowest BCUT2D eigenvalue weighted by atomic mass is 10.1. The van der Waals surface area contributed by atoms with Crippen LogP contribution in [0.25, 0.3) is 0 Å². The number of benzene rings is 2. The first-order chi connectivity index (χ1) is 14.9. The summed E-state index contributed by atoms with van der Waals surface area (Å²) in [4.78, 5) is 15.1. The maximum atomic E-state index is 13.0. The first kappa shape index (κ1) is 23.3. The molecule has 2 aromatic carbocycles. The lowest BCUT2D eigenvalue weighted by Gasteiger charge is -2.22. The number of nitrogens with one attached hydrogen (secondary N) is 2. The molecule has 1 atom stereocenters. The van der Waals surface area contributed by atoms with Gasteiger partial charge in [-0.25, -0.2) is 13.1 Å². The summed E-state index contributed by atoms with van der Waals surface area (Å²) in [5, 5.41) is 3.01. The molecule has 7 heteroatoms. The number of rotatable bonds is 10. The molecule has 0 bridgehead atoms. The zero-order valence-electron chi connectivity index (χ0n) is 18.4. The maximum Gasteiger partial charge on any atom is 0.251 e. The minimum atomic E-state index is -3.69. The molecule has 0 radical (unpaired) electrons. The molecule has 1 aliphatic heterocycles. The average Bonchev–Trinajstić information content (AvgIpc) is 3.31. The first-order valence-electron chi connectivity index (χ1n) is 11.1. The third-order valence-corrected chi connectivity index (χ3v) is 7.08. The van der Waals surface area contributed by atoms with Crippen molar-refractivity contribution in [3.63, 3.8) is 0 Å². The van der Waals surface area contributed by atoms with Gasteiger partial charge in [0.2, 0.25) is 10.0 Å². The lowest BCUT2D eigenvalue weighted by molar-refractivity contribution is 0.0938. The standard InChI is InChI=1S/C24H33N3O3S/c1-3-15-25-31(29,30)23-18-21(13-14-22(23)27-16-7-8-17-27)24(28)26-19(2)11-12-20-9-5-4-6-10-20/h4-6,9-10,13-14,18-19,25H,3,7-8,11-12,15-17H2,1-2H3,(H,26,28)/t19-/m0/s1. The summed E-state index contributed by atoms with van der Waals surface area (Å²) in [6.07, 6.45) is 4.48. The van der Waals surface area contributed by atoms with E-state index in [1.165, 1.54) is 11.6 Å². The highest BCUT2D eigenvalue weighted by atomic mass is 32.2. The molecule has 0 aliphatic carbocycles. The second-order valence-electron chi connectivity index (χ2n) is 8.17. The molecular weight excluding hydrogens is 410 g/mol. The number of carbonyl (C=O) groups is 1. The minimum Gasteiger partial charge on any atom is -0.370 e. The van der Waals surface area contributed by atoms with Gasteiger partial charge in [0.1, 0.15) is 4.90 Å². The number of nitrogens with zero attached hydrogens (tertiary/aromatic N) is 1. The number of sulfonamides is 1. The largest absolute Gasteiger partial charge is 0.370 e. The van der Waals surface area contributed by atoms with E-state index in [9.17, 15) is 13.2 Å². The molecular formula is C24H33N3O3S. The van der Waals surface area contributed by atoms with Crippen LogP contribution in [0.4, 0.5) is 5.69 Å². The highest BCUT2D eigenvalue weighted by Crippen LogP contribution is 2.29. The Morgan fingerprint density at radius 1 is 1.10 bits per heavy atom. The van der Waals surface area contributed by atoms with Crippen LogP contribution >= 0.6 is 0 Å². The topological polar surface area (TPSA) is 78.5 Å². The molecule has 0 aromatic heterocycles. The molecule has 0 unspecified atom stereocenters. The zero-order valence-corrected chi connectivity index (χ0v) is 19.2. The van der Waals surface area contributed by atoms with Gasteiger partial charge in [-0.15, -0.1) is 0 Å². The van der Waals surface area contributed by atoms with Crippen molar-refractivity contribution in [2.45, 2.75) is 56.9 Å². The van der Waals surface area contributed by atoms with Gasteiger partial charge < -0.3 is 10.2 Å². The van der Waals surface area contributed by atoms with Gasteiger partial charge in [0.05, 0.1) is 5.69 Å². The normalized spacial score (nSPS) is 15.1. The number of aryl methyl sites for hydroxylation is 1. The van der Waals surface area contributed by atoms with Crippen LogP contribution in [0.2, 0.25) is 0 Å². The number of anilines is 1. The Morgan fingerprint density at radius 2 is 1.81 bits per heavy atom. The molecule has 6 nitrogen and oxygen atoms in total. The van der Waals surface area contributed by atoms with Crippen LogP contribution in [0.3, 0.4) is 0 Å². The SMILES string of the molecule is CCCNS(=O)(=O)c1cc(C(=O)N[C@@H](C)CCc2ccccc2)ccc1N1CCCC1. The summed E-state index contributed by atoms with van der Waals surface area (Å²) in [5.41, 5.74) is 2.27. The highest BCUT2D eigenvalue weighted by Gasteiger charge is 2.25. The van der Waals surface area contributed by atoms with E-state index in [2.05, 4.69) is 27.1 Å². The number of hydrogen-bond donors (Lipinski definition) is 2. The van der Waals surface area contributed by atoms with E-state index in [0.717, 1.165) is 38.8 Å². The second-order valence-corrected chi connectivity index (χ2v) is 9.91.